The van der Waals surface area contributed by atoms with Gasteiger partial charge in [-0.3, -0.25) is 9.59 Å². The number of alkyl carbamates (subject to hydrolysis) is 1. The smallest absolute Gasteiger partial charge is 0.408 e. The third-order valence-corrected chi connectivity index (χ3v) is 7.90. The number of hydrogen-bond donors (Lipinski definition) is 1. The molecule has 1 N–H and O–H groups in total. The predicted octanol–water partition coefficient (Wildman–Crippen LogP) is 6.74. The molecule has 0 saturated heterocycles. The average molecular weight is 604 g/mol. The van der Waals surface area contributed by atoms with Gasteiger partial charge >= 0.3 is 6.09 Å². The lowest BCUT2D eigenvalue weighted by molar-refractivity contribution is -0.141. The maximum Gasteiger partial charge on any atom is 0.408 e. The fourth-order valence-corrected chi connectivity index (χ4v) is 5.23. The van der Waals surface area contributed by atoms with Crippen LogP contribution < -0.4 is 5.32 Å². The summed E-state index contributed by atoms with van der Waals surface area (Å²) >= 11 is 1.67. The molecule has 230 valence electrons. The number of benzene rings is 2. The number of amides is 3. The molecule has 1 heterocycles. The number of ether oxygens (including phenoxy) is 1. The number of carbonyl (C=O) groups excluding carboxylic acids is 3. The van der Waals surface area contributed by atoms with E-state index in [1.165, 1.54) is 15.9 Å². The molecule has 0 fully saturated rings. The van der Waals surface area contributed by atoms with Gasteiger partial charge in [0.1, 0.15) is 11.6 Å². The average Bonchev–Trinajstić information content (AvgIpc) is 3.47. The van der Waals surface area contributed by atoms with E-state index in [1.807, 2.05) is 88.5 Å². The standard InChI is InChI=1S/C35H45N3O4S/c1-34(2,3)42-33(41)36-35(4,5)22-11-16-31(39)38(7)30(32(40)37(6)23-21-29-15-12-24-43-29)25-26-17-19-28(20-18-26)27-13-9-8-10-14-27/h8-20,24,30H,21-23,25H2,1-7H3,(H,36,41)/t30-/m1/s1. The fraction of sp³-hybridized carbons (Fsp3) is 0.400. The molecule has 0 aliphatic rings. The largest absolute Gasteiger partial charge is 0.444 e. The number of carbonyl (C=O) groups is 3. The molecule has 0 bridgehead atoms. The van der Waals surface area contributed by atoms with Crippen molar-refractivity contribution < 1.29 is 19.1 Å². The molecule has 8 heteroatoms. The molecular weight excluding hydrogens is 558 g/mol. The van der Waals surface area contributed by atoms with Crippen molar-refractivity contribution in [1.29, 1.82) is 0 Å². The van der Waals surface area contributed by atoms with Gasteiger partial charge in [-0.05, 0) is 81.7 Å². The van der Waals surface area contributed by atoms with E-state index in [9.17, 15) is 14.4 Å². The summed E-state index contributed by atoms with van der Waals surface area (Å²) < 4.78 is 5.36. The van der Waals surface area contributed by atoms with Gasteiger partial charge < -0.3 is 19.9 Å². The third-order valence-electron chi connectivity index (χ3n) is 6.97. The van der Waals surface area contributed by atoms with E-state index in [2.05, 4.69) is 23.5 Å². The molecule has 0 saturated carbocycles. The number of nitrogens with zero attached hydrogens (tertiary/aromatic N) is 2. The summed E-state index contributed by atoms with van der Waals surface area (Å²) in [6, 6.07) is 21.7. The van der Waals surface area contributed by atoms with Crippen molar-refractivity contribution in [3.8, 4) is 11.1 Å². The number of likely N-dealkylation sites (N-methyl/N-ethyl adjacent to an activating group) is 2. The van der Waals surface area contributed by atoms with Crippen LogP contribution in [-0.2, 0) is 27.2 Å². The molecule has 2 aromatic carbocycles. The monoisotopic (exact) mass is 603 g/mol. The zero-order valence-electron chi connectivity index (χ0n) is 26.4. The van der Waals surface area contributed by atoms with Gasteiger partial charge in [0, 0.05) is 37.5 Å². The summed E-state index contributed by atoms with van der Waals surface area (Å²) in [6.07, 6.45) is 4.25. The Balaban J connectivity index is 1.72. The van der Waals surface area contributed by atoms with Crippen LogP contribution in [0.15, 0.2) is 84.3 Å². The van der Waals surface area contributed by atoms with Crippen molar-refractivity contribution in [2.45, 2.75) is 71.1 Å². The van der Waals surface area contributed by atoms with Crippen molar-refractivity contribution in [3.05, 3.63) is 94.7 Å². The second-order valence-electron chi connectivity index (χ2n) is 12.4. The Hall–Kier alpha value is -3.91. The van der Waals surface area contributed by atoms with Crippen LogP contribution >= 0.6 is 11.3 Å². The van der Waals surface area contributed by atoms with E-state index < -0.39 is 23.3 Å². The van der Waals surface area contributed by atoms with Gasteiger partial charge in [0.25, 0.3) is 0 Å². The number of rotatable bonds is 12. The van der Waals surface area contributed by atoms with Crippen LogP contribution in [0.5, 0.6) is 0 Å². The Morgan fingerprint density at radius 2 is 1.56 bits per heavy atom. The molecule has 1 atom stereocenters. The molecule has 43 heavy (non-hydrogen) atoms. The molecule has 0 spiro atoms. The molecule has 0 radical (unpaired) electrons. The highest BCUT2D eigenvalue weighted by Crippen LogP contribution is 2.21. The first-order valence-electron chi connectivity index (χ1n) is 14.6. The van der Waals surface area contributed by atoms with Crippen molar-refractivity contribution in [2.24, 2.45) is 0 Å². The SMILES string of the molecule is CN(CCc1cccs1)C(=O)[C@@H](Cc1ccc(-c2ccccc2)cc1)N(C)C(=O)C=CCC(C)(C)NC(=O)OC(C)(C)C. The highest BCUT2D eigenvalue weighted by Gasteiger charge is 2.29. The predicted molar refractivity (Wildman–Crippen MR) is 175 cm³/mol. The van der Waals surface area contributed by atoms with E-state index in [4.69, 9.17) is 4.74 Å². The Morgan fingerprint density at radius 1 is 0.907 bits per heavy atom. The van der Waals surface area contributed by atoms with Crippen molar-refractivity contribution in [3.63, 3.8) is 0 Å². The minimum atomic E-state index is -0.680. The van der Waals surface area contributed by atoms with E-state index >= 15 is 0 Å². The summed E-state index contributed by atoms with van der Waals surface area (Å²) in [7, 11) is 3.46. The van der Waals surface area contributed by atoms with Crippen molar-refractivity contribution in [2.75, 3.05) is 20.6 Å². The molecule has 7 nitrogen and oxygen atoms in total. The quantitative estimate of drug-likeness (QED) is 0.233. The zero-order valence-corrected chi connectivity index (χ0v) is 27.2. The van der Waals surface area contributed by atoms with E-state index in [0.717, 1.165) is 23.1 Å². The van der Waals surface area contributed by atoms with Crippen molar-refractivity contribution >= 4 is 29.2 Å². The molecule has 3 rings (SSSR count). The van der Waals surface area contributed by atoms with Gasteiger partial charge in [-0.1, -0.05) is 66.7 Å². The molecule has 0 aliphatic heterocycles. The third kappa shape index (κ3) is 11.0. The molecular formula is C35H45N3O4S. The first kappa shape index (κ1) is 33.6. The summed E-state index contributed by atoms with van der Waals surface area (Å²) in [6.45, 7) is 9.72. The highest BCUT2D eigenvalue weighted by molar-refractivity contribution is 7.09. The van der Waals surface area contributed by atoms with Gasteiger partial charge in [0.15, 0.2) is 0 Å². The Kier molecular flexibility index (Phi) is 11.7. The van der Waals surface area contributed by atoms with E-state index in [-0.39, 0.29) is 11.8 Å². The lowest BCUT2D eigenvalue weighted by atomic mass is 9.99. The summed E-state index contributed by atoms with van der Waals surface area (Å²) in [5.74, 6) is -0.390. The minimum absolute atomic E-state index is 0.111. The maximum absolute atomic E-state index is 13.8. The maximum atomic E-state index is 13.8. The second-order valence-corrected chi connectivity index (χ2v) is 13.5. The molecule has 3 amide bonds. The normalized spacial score (nSPS) is 12.5. The van der Waals surface area contributed by atoms with E-state index in [1.54, 1.807) is 36.4 Å². The van der Waals surface area contributed by atoms with Gasteiger partial charge in [-0.25, -0.2) is 4.79 Å². The number of hydrogen-bond acceptors (Lipinski definition) is 5. The lowest BCUT2D eigenvalue weighted by Crippen LogP contribution is -2.49. The van der Waals surface area contributed by atoms with Crippen LogP contribution in [0, 0.1) is 0 Å². The van der Waals surface area contributed by atoms with Crippen LogP contribution in [0.25, 0.3) is 11.1 Å². The molecule has 0 aliphatic carbocycles. The molecule has 1 aromatic heterocycles. The highest BCUT2D eigenvalue weighted by atomic mass is 32.1. The van der Waals surface area contributed by atoms with Gasteiger partial charge in [-0.2, -0.15) is 0 Å². The summed E-state index contributed by atoms with van der Waals surface area (Å²) in [4.78, 5) is 43.8. The number of nitrogens with one attached hydrogen (secondary N) is 1. The van der Waals surface area contributed by atoms with Crippen LogP contribution in [0.2, 0.25) is 0 Å². The van der Waals surface area contributed by atoms with Crippen LogP contribution in [0.1, 0.15) is 51.5 Å². The van der Waals surface area contributed by atoms with Crippen LogP contribution in [-0.4, -0.2) is 65.5 Å². The van der Waals surface area contributed by atoms with Crippen LogP contribution in [0.4, 0.5) is 4.79 Å². The fourth-order valence-electron chi connectivity index (χ4n) is 4.53. The number of thiophene rings is 1. The first-order valence-corrected chi connectivity index (χ1v) is 15.5. The topological polar surface area (TPSA) is 79.0 Å². The Morgan fingerprint density at radius 3 is 2.16 bits per heavy atom. The Labute approximate surface area is 260 Å². The Bertz CT molecular complexity index is 1360. The van der Waals surface area contributed by atoms with Gasteiger partial charge in [-0.15, -0.1) is 11.3 Å². The molecule has 0 unspecified atom stereocenters. The van der Waals surface area contributed by atoms with E-state index in [0.29, 0.717) is 19.4 Å². The lowest BCUT2D eigenvalue weighted by Gasteiger charge is -2.31. The summed E-state index contributed by atoms with van der Waals surface area (Å²) in [5, 5.41) is 4.88. The van der Waals surface area contributed by atoms with Gasteiger partial charge in [0.2, 0.25) is 11.8 Å². The zero-order chi connectivity index (χ0) is 31.6. The van der Waals surface area contributed by atoms with Gasteiger partial charge in [0.05, 0.1) is 0 Å². The molecule has 3 aromatic rings. The van der Waals surface area contributed by atoms with Crippen molar-refractivity contribution in [1.82, 2.24) is 15.1 Å². The summed E-state index contributed by atoms with van der Waals surface area (Å²) in [5.41, 5.74) is 1.95. The van der Waals surface area contributed by atoms with Crippen LogP contribution in [0.3, 0.4) is 0 Å². The first-order chi connectivity index (χ1) is 20.2. The second kappa shape index (κ2) is 15.0. The minimum Gasteiger partial charge on any atom is -0.444 e.